The maximum atomic E-state index is 12.8. The Kier molecular flexibility index (Phi) is 7.99. The Morgan fingerprint density at radius 2 is 1.11 bits per heavy atom. The molecule has 0 heterocycles. The zero-order valence-corrected chi connectivity index (χ0v) is 18.8. The molecule has 0 aromatic rings. The third-order valence-electron chi connectivity index (χ3n) is 5.87. The average Bonchev–Trinajstić information content (AvgIpc) is 2.48. The minimum absolute atomic E-state index is 0.0107. The summed E-state index contributed by atoms with van der Waals surface area (Å²) in [5.41, 5.74) is -2.58. The lowest BCUT2D eigenvalue weighted by Gasteiger charge is -2.41. The highest BCUT2D eigenvalue weighted by atomic mass is 16.2. The fraction of sp³-hybridized carbons (Fsp3) is 0.810. The number of amides is 2. The summed E-state index contributed by atoms with van der Waals surface area (Å²) in [5.74, 6) is -0.463. The van der Waals surface area contributed by atoms with Crippen molar-refractivity contribution in [2.24, 2.45) is 21.7 Å². The SMILES string of the molecule is CC(=O)CNC(=O)C(C)(C)CC(C)(C)C(=O)NCC(C)(C)C(C)(C)C(C)=O. The molecule has 0 fully saturated rings. The highest BCUT2D eigenvalue weighted by Crippen LogP contribution is 2.39. The summed E-state index contributed by atoms with van der Waals surface area (Å²) in [7, 11) is 0. The summed E-state index contributed by atoms with van der Waals surface area (Å²) >= 11 is 0. The topological polar surface area (TPSA) is 92.3 Å². The standard InChI is InChI=1S/C21H38N2O4/c1-14(24)11-22-16(26)18(3,4)12-19(5,6)17(27)23-13-20(7,8)21(9,10)15(2)25/h11-13H2,1-10H3,(H,22,26)(H,23,27). The van der Waals surface area contributed by atoms with Crippen LogP contribution in [0.4, 0.5) is 0 Å². The molecule has 0 rings (SSSR count). The monoisotopic (exact) mass is 382 g/mol. The lowest BCUT2D eigenvalue weighted by atomic mass is 9.65. The van der Waals surface area contributed by atoms with Gasteiger partial charge in [0, 0.05) is 22.8 Å². The van der Waals surface area contributed by atoms with Crippen LogP contribution in [-0.2, 0) is 19.2 Å². The van der Waals surface area contributed by atoms with E-state index in [-0.39, 0.29) is 29.9 Å². The first-order valence-electron chi connectivity index (χ1n) is 9.44. The number of carbonyl (C=O) groups is 4. The molecular weight excluding hydrogens is 344 g/mol. The fourth-order valence-electron chi connectivity index (χ4n) is 2.95. The van der Waals surface area contributed by atoms with Crippen LogP contribution in [0.3, 0.4) is 0 Å². The Morgan fingerprint density at radius 3 is 1.48 bits per heavy atom. The van der Waals surface area contributed by atoms with E-state index in [9.17, 15) is 19.2 Å². The molecule has 0 bridgehead atoms. The lowest BCUT2D eigenvalue weighted by molar-refractivity contribution is -0.138. The summed E-state index contributed by atoms with van der Waals surface area (Å²) < 4.78 is 0. The van der Waals surface area contributed by atoms with Crippen LogP contribution in [0, 0.1) is 21.7 Å². The summed E-state index contributed by atoms with van der Waals surface area (Å²) in [4.78, 5) is 48.2. The van der Waals surface area contributed by atoms with Gasteiger partial charge in [-0.3, -0.25) is 19.2 Å². The molecule has 0 aromatic heterocycles. The van der Waals surface area contributed by atoms with Gasteiger partial charge in [0.2, 0.25) is 11.8 Å². The molecule has 0 aliphatic carbocycles. The predicted molar refractivity (Wildman–Crippen MR) is 107 cm³/mol. The molecule has 6 nitrogen and oxygen atoms in total. The normalized spacial score (nSPS) is 13.1. The van der Waals surface area contributed by atoms with E-state index in [0.717, 1.165) is 0 Å². The van der Waals surface area contributed by atoms with E-state index >= 15 is 0 Å². The smallest absolute Gasteiger partial charge is 0.226 e. The molecule has 2 N–H and O–H groups in total. The van der Waals surface area contributed by atoms with Crippen molar-refractivity contribution in [1.82, 2.24) is 10.6 Å². The number of rotatable bonds is 10. The van der Waals surface area contributed by atoms with Crippen molar-refractivity contribution in [2.75, 3.05) is 13.1 Å². The molecule has 0 atom stereocenters. The van der Waals surface area contributed by atoms with Crippen molar-refractivity contribution < 1.29 is 19.2 Å². The van der Waals surface area contributed by atoms with Gasteiger partial charge in [0.25, 0.3) is 0 Å². The third-order valence-corrected chi connectivity index (χ3v) is 5.87. The number of hydrogen-bond donors (Lipinski definition) is 2. The Balaban J connectivity index is 5.06. The summed E-state index contributed by atoms with van der Waals surface area (Å²) in [6.45, 7) is 18.1. The Morgan fingerprint density at radius 1 is 0.704 bits per heavy atom. The zero-order chi connectivity index (χ0) is 21.8. The van der Waals surface area contributed by atoms with Crippen molar-refractivity contribution in [3.63, 3.8) is 0 Å². The minimum Gasteiger partial charge on any atom is -0.355 e. The van der Waals surface area contributed by atoms with Crippen molar-refractivity contribution in [3.8, 4) is 0 Å². The predicted octanol–water partition coefficient (Wildman–Crippen LogP) is 2.89. The first kappa shape index (κ1) is 25.3. The van der Waals surface area contributed by atoms with Gasteiger partial charge in [0.1, 0.15) is 11.6 Å². The second kappa shape index (κ2) is 8.53. The van der Waals surface area contributed by atoms with Crippen LogP contribution in [0.25, 0.3) is 0 Å². The molecule has 0 unspecified atom stereocenters. The third kappa shape index (κ3) is 6.74. The largest absolute Gasteiger partial charge is 0.355 e. The number of Topliss-reactive ketones (excluding diaryl/α,β-unsaturated/α-hetero) is 2. The van der Waals surface area contributed by atoms with E-state index in [0.29, 0.717) is 13.0 Å². The van der Waals surface area contributed by atoms with Crippen molar-refractivity contribution in [3.05, 3.63) is 0 Å². The van der Waals surface area contributed by atoms with E-state index in [2.05, 4.69) is 10.6 Å². The van der Waals surface area contributed by atoms with Gasteiger partial charge < -0.3 is 10.6 Å². The van der Waals surface area contributed by atoms with Crippen LogP contribution in [0.1, 0.15) is 75.7 Å². The van der Waals surface area contributed by atoms with Crippen LogP contribution >= 0.6 is 0 Å². The van der Waals surface area contributed by atoms with Crippen molar-refractivity contribution in [2.45, 2.75) is 75.7 Å². The van der Waals surface area contributed by atoms with Crippen molar-refractivity contribution >= 4 is 23.4 Å². The van der Waals surface area contributed by atoms with Gasteiger partial charge in [-0.05, 0) is 25.7 Å². The molecule has 0 aromatic carbocycles. The first-order chi connectivity index (χ1) is 11.9. The molecule has 156 valence electrons. The maximum absolute atomic E-state index is 12.8. The van der Waals surface area contributed by atoms with E-state index in [1.807, 2.05) is 27.7 Å². The molecule has 0 aliphatic rings. The second-order valence-electron chi connectivity index (χ2n) is 10.1. The molecule has 0 saturated heterocycles. The summed E-state index contributed by atoms with van der Waals surface area (Å²) in [5, 5.41) is 5.57. The van der Waals surface area contributed by atoms with E-state index in [1.54, 1.807) is 34.6 Å². The summed E-state index contributed by atoms with van der Waals surface area (Å²) in [6.07, 6.45) is 0.325. The van der Waals surface area contributed by atoms with Gasteiger partial charge in [-0.25, -0.2) is 0 Å². The highest BCUT2D eigenvalue weighted by Gasteiger charge is 2.43. The van der Waals surface area contributed by atoms with Gasteiger partial charge in [-0.15, -0.1) is 0 Å². The van der Waals surface area contributed by atoms with Gasteiger partial charge in [0.15, 0.2) is 0 Å². The first-order valence-corrected chi connectivity index (χ1v) is 9.44. The Hall–Kier alpha value is -1.72. The van der Waals surface area contributed by atoms with Crippen LogP contribution in [0.2, 0.25) is 0 Å². The van der Waals surface area contributed by atoms with E-state index < -0.39 is 21.7 Å². The zero-order valence-electron chi connectivity index (χ0n) is 18.8. The molecule has 0 spiro atoms. The van der Waals surface area contributed by atoms with Gasteiger partial charge in [-0.2, -0.15) is 0 Å². The van der Waals surface area contributed by atoms with Crippen molar-refractivity contribution in [1.29, 1.82) is 0 Å². The molecule has 27 heavy (non-hydrogen) atoms. The number of carbonyl (C=O) groups excluding carboxylic acids is 4. The number of nitrogens with one attached hydrogen (secondary N) is 2. The van der Waals surface area contributed by atoms with Crippen LogP contribution in [0.5, 0.6) is 0 Å². The minimum atomic E-state index is -0.801. The fourth-order valence-corrected chi connectivity index (χ4v) is 2.95. The number of ketones is 2. The van der Waals surface area contributed by atoms with E-state index in [1.165, 1.54) is 6.92 Å². The molecule has 2 amide bonds. The van der Waals surface area contributed by atoms with Crippen LogP contribution in [-0.4, -0.2) is 36.5 Å². The van der Waals surface area contributed by atoms with Gasteiger partial charge in [-0.1, -0.05) is 55.4 Å². The molecule has 6 heteroatoms. The molecular formula is C21H38N2O4. The highest BCUT2D eigenvalue weighted by molar-refractivity contribution is 5.88. The van der Waals surface area contributed by atoms with E-state index in [4.69, 9.17) is 0 Å². The summed E-state index contributed by atoms with van der Waals surface area (Å²) in [6, 6.07) is 0. The molecule has 0 saturated carbocycles. The maximum Gasteiger partial charge on any atom is 0.226 e. The molecule has 0 radical (unpaired) electrons. The Bertz CT molecular complexity index is 601. The number of hydrogen-bond acceptors (Lipinski definition) is 4. The van der Waals surface area contributed by atoms with Gasteiger partial charge in [0.05, 0.1) is 6.54 Å². The van der Waals surface area contributed by atoms with Crippen LogP contribution in [0.15, 0.2) is 0 Å². The molecule has 0 aliphatic heterocycles. The average molecular weight is 383 g/mol. The van der Waals surface area contributed by atoms with Gasteiger partial charge >= 0.3 is 0 Å². The van der Waals surface area contributed by atoms with Crippen LogP contribution < -0.4 is 10.6 Å². The Labute approximate surface area is 164 Å². The second-order valence-corrected chi connectivity index (χ2v) is 10.1. The lowest BCUT2D eigenvalue weighted by Crippen LogP contribution is -2.50. The quantitative estimate of drug-likeness (QED) is 0.608.